The van der Waals surface area contributed by atoms with Gasteiger partial charge in [0.05, 0.1) is 19.4 Å². The van der Waals surface area contributed by atoms with Crippen LogP contribution >= 0.6 is 0 Å². The van der Waals surface area contributed by atoms with Crippen molar-refractivity contribution in [2.45, 2.75) is 31.8 Å². The van der Waals surface area contributed by atoms with Crippen molar-refractivity contribution in [1.82, 2.24) is 15.0 Å². The van der Waals surface area contributed by atoms with Crippen LogP contribution in [0.5, 0.6) is 5.75 Å². The Hall–Kier alpha value is -2.41. The minimum Gasteiger partial charge on any atom is -0.493 e. The number of hydrogen-bond donors (Lipinski definition) is 1. The van der Waals surface area contributed by atoms with Gasteiger partial charge in [-0.15, -0.1) is 0 Å². The quantitative estimate of drug-likeness (QED) is 0.892. The second-order valence-electron chi connectivity index (χ2n) is 6.66. The van der Waals surface area contributed by atoms with Crippen LogP contribution in [0.1, 0.15) is 29.8 Å². The number of nitrogens with zero attached hydrogens (tertiary/aromatic N) is 4. The Balaban J connectivity index is 1.61. The molecular formula is C18H23N5O2. The van der Waals surface area contributed by atoms with Crippen LogP contribution in [0.4, 0.5) is 11.8 Å². The fourth-order valence-corrected chi connectivity index (χ4v) is 3.80. The van der Waals surface area contributed by atoms with E-state index in [1.807, 2.05) is 25.3 Å². The van der Waals surface area contributed by atoms with Crippen molar-refractivity contribution in [3.05, 3.63) is 35.3 Å². The second-order valence-corrected chi connectivity index (χ2v) is 6.66. The minimum absolute atomic E-state index is 0.313. The zero-order chi connectivity index (χ0) is 17.4. The Kier molecular flexibility index (Phi) is 3.95. The van der Waals surface area contributed by atoms with Crippen LogP contribution in [0.2, 0.25) is 0 Å². The Labute approximate surface area is 147 Å². The number of methoxy groups -OCH3 is 1. The molecule has 4 rings (SSSR count). The lowest BCUT2D eigenvalue weighted by atomic mass is 9.83. The van der Waals surface area contributed by atoms with Gasteiger partial charge in [-0.05, 0) is 43.9 Å². The minimum atomic E-state index is -0.363. The van der Waals surface area contributed by atoms with Gasteiger partial charge in [0.15, 0.2) is 11.6 Å². The molecule has 0 saturated carbocycles. The van der Waals surface area contributed by atoms with Crippen LogP contribution in [0.3, 0.4) is 0 Å². The molecule has 0 aromatic carbocycles. The van der Waals surface area contributed by atoms with E-state index in [9.17, 15) is 0 Å². The molecule has 7 heteroatoms. The van der Waals surface area contributed by atoms with E-state index in [-0.39, 0.29) is 5.60 Å². The molecule has 1 saturated heterocycles. The molecule has 1 fully saturated rings. The molecule has 0 bridgehead atoms. The fourth-order valence-electron chi connectivity index (χ4n) is 3.80. The summed E-state index contributed by atoms with van der Waals surface area (Å²) in [7, 11) is 1.68. The van der Waals surface area contributed by atoms with Gasteiger partial charge >= 0.3 is 0 Å². The molecule has 2 aliphatic heterocycles. The highest BCUT2D eigenvalue weighted by atomic mass is 16.5. The number of piperidine rings is 1. The molecule has 0 radical (unpaired) electrons. The SMILES string of the molecule is COc1ccc(C)nc1N1CCC2(CC1)OCCc1cnc(N)nc12. The van der Waals surface area contributed by atoms with Gasteiger partial charge in [0.2, 0.25) is 5.95 Å². The van der Waals surface area contributed by atoms with E-state index < -0.39 is 0 Å². The highest BCUT2D eigenvalue weighted by molar-refractivity contribution is 5.53. The predicted octanol–water partition coefficient (Wildman–Crippen LogP) is 1.84. The first-order valence-electron chi connectivity index (χ1n) is 8.64. The second kappa shape index (κ2) is 6.15. The summed E-state index contributed by atoms with van der Waals surface area (Å²) in [4.78, 5) is 15.6. The summed E-state index contributed by atoms with van der Waals surface area (Å²) in [5.41, 5.74) is 8.57. The zero-order valence-corrected chi connectivity index (χ0v) is 14.7. The first kappa shape index (κ1) is 16.1. The molecule has 0 amide bonds. The number of ether oxygens (including phenoxy) is 2. The summed E-state index contributed by atoms with van der Waals surface area (Å²) < 4.78 is 11.7. The Morgan fingerprint density at radius 1 is 1.24 bits per heavy atom. The lowest BCUT2D eigenvalue weighted by Crippen LogP contribution is -2.47. The number of pyridine rings is 1. The topological polar surface area (TPSA) is 86.4 Å². The maximum absolute atomic E-state index is 6.23. The van der Waals surface area contributed by atoms with E-state index in [4.69, 9.17) is 15.2 Å². The summed E-state index contributed by atoms with van der Waals surface area (Å²) >= 11 is 0. The molecule has 2 aromatic rings. The number of fused-ring (bicyclic) bond motifs is 2. The molecular weight excluding hydrogens is 318 g/mol. The number of hydrogen-bond acceptors (Lipinski definition) is 7. The monoisotopic (exact) mass is 341 g/mol. The molecule has 1 spiro atoms. The van der Waals surface area contributed by atoms with Gasteiger partial charge in [-0.2, -0.15) is 0 Å². The molecule has 7 nitrogen and oxygen atoms in total. The van der Waals surface area contributed by atoms with Gasteiger partial charge in [0, 0.05) is 25.0 Å². The largest absolute Gasteiger partial charge is 0.493 e. The summed E-state index contributed by atoms with van der Waals surface area (Å²) in [6, 6.07) is 3.94. The van der Waals surface area contributed by atoms with Crippen molar-refractivity contribution in [2.24, 2.45) is 0 Å². The van der Waals surface area contributed by atoms with E-state index in [2.05, 4.69) is 19.9 Å². The molecule has 0 unspecified atom stereocenters. The molecule has 0 atom stereocenters. The van der Waals surface area contributed by atoms with Crippen LogP contribution in [0, 0.1) is 6.92 Å². The molecule has 2 aromatic heterocycles. The van der Waals surface area contributed by atoms with Crippen molar-refractivity contribution < 1.29 is 9.47 Å². The standard InChI is InChI=1S/C18H23N5O2/c1-12-3-4-14(24-2)16(21-12)23-8-6-18(7-9-23)15-13(5-10-25-18)11-20-17(19)22-15/h3-4,11H,5-10H2,1-2H3,(H2,19,20,22). The van der Waals surface area contributed by atoms with Crippen LogP contribution in [0.15, 0.2) is 18.3 Å². The number of aromatic nitrogens is 3. The van der Waals surface area contributed by atoms with Gasteiger partial charge in [-0.3, -0.25) is 0 Å². The molecule has 4 heterocycles. The number of nitrogens with two attached hydrogens (primary N) is 1. The van der Waals surface area contributed by atoms with Gasteiger partial charge in [0.1, 0.15) is 5.60 Å². The lowest BCUT2D eigenvalue weighted by molar-refractivity contribution is -0.0801. The Morgan fingerprint density at radius 2 is 2.04 bits per heavy atom. The third-order valence-electron chi connectivity index (χ3n) is 5.13. The fraction of sp³-hybridized carbons (Fsp3) is 0.500. The predicted molar refractivity (Wildman–Crippen MR) is 94.8 cm³/mol. The van der Waals surface area contributed by atoms with E-state index >= 15 is 0 Å². The van der Waals surface area contributed by atoms with Crippen molar-refractivity contribution in [3.63, 3.8) is 0 Å². The third-order valence-corrected chi connectivity index (χ3v) is 5.13. The maximum atomic E-state index is 6.23. The van der Waals surface area contributed by atoms with Crippen LogP contribution < -0.4 is 15.4 Å². The summed E-state index contributed by atoms with van der Waals surface area (Å²) in [5, 5.41) is 0. The van der Waals surface area contributed by atoms with Crippen LogP contribution in [-0.4, -0.2) is 41.8 Å². The Morgan fingerprint density at radius 3 is 2.80 bits per heavy atom. The first-order valence-corrected chi connectivity index (χ1v) is 8.64. The van der Waals surface area contributed by atoms with Gasteiger partial charge in [0.25, 0.3) is 0 Å². The van der Waals surface area contributed by atoms with Crippen LogP contribution in [-0.2, 0) is 16.8 Å². The number of nitrogen functional groups attached to an aromatic ring is 1. The lowest BCUT2D eigenvalue weighted by Gasteiger charge is -2.44. The number of rotatable bonds is 2. The van der Waals surface area contributed by atoms with Crippen molar-refractivity contribution in [3.8, 4) is 5.75 Å². The van der Waals surface area contributed by atoms with Crippen molar-refractivity contribution in [2.75, 3.05) is 37.4 Å². The average Bonchev–Trinajstić information content (AvgIpc) is 2.63. The number of anilines is 2. The third kappa shape index (κ3) is 2.78. The molecule has 2 N–H and O–H groups in total. The van der Waals surface area contributed by atoms with Gasteiger partial charge < -0.3 is 20.1 Å². The van der Waals surface area contributed by atoms with Gasteiger partial charge in [-0.1, -0.05) is 0 Å². The van der Waals surface area contributed by atoms with E-state index in [1.54, 1.807) is 7.11 Å². The van der Waals surface area contributed by atoms with E-state index in [0.717, 1.165) is 60.9 Å². The number of aryl methyl sites for hydroxylation is 1. The normalized spacial score (nSPS) is 18.9. The summed E-state index contributed by atoms with van der Waals surface area (Å²) in [5.74, 6) is 2.02. The summed E-state index contributed by atoms with van der Waals surface area (Å²) in [6.45, 7) is 4.35. The molecule has 132 valence electrons. The molecule has 25 heavy (non-hydrogen) atoms. The average molecular weight is 341 g/mol. The first-order chi connectivity index (χ1) is 12.1. The Bertz CT molecular complexity index is 787. The maximum Gasteiger partial charge on any atom is 0.220 e. The van der Waals surface area contributed by atoms with E-state index in [1.165, 1.54) is 0 Å². The summed E-state index contributed by atoms with van der Waals surface area (Å²) in [6.07, 6.45) is 4.37. The van der Waals surface area contributed by atoms with Gasteiger partial charge in [-0.25, -0.2) is 15.0 Å². The highest BCUT2D eigenvalue weighted by Crippen LogP contribution is 2.42. The molecule has 0 aliphatic carbocycles. The zero-order valence-electron chi connectivity index (χ0n) is 14.7. The smallest absolute Gasteiger partial charge is 0.220 e. The van der Waals surface area contributed by atoms with Crippen molar-refractivity contribution >= 4 is 11.8 Å². The van der Waals surface area contributed by atoms with E-state index in [0.29, 0.717) is 12.6 Å². The van der Waals surface area contributed by atoms with Crippen molar-refractivity contribution in [1.29, 1.82) is 0 Å². The molecule has 2 aliphatic rings. The highest BCUT2D eigenvalue weighted by Gasteiger charge is 2.43. The van der Waals surface area contributed by atoms with Crippen LogP contribution in [0.25, 0.3) is 0 Å².